The lowest BCUT2D eigenvalue weighted by Gasteiger charge is -2.17. The van der Waals surface area contributed by atoms with Gasteiger partial charge >= 0.3 is 0 Å². The van der Waals surface area contributed by atoms with Crippen LogP contribution in [-0.2, 0) is 7.05 Å². The van der Waals surface area contributed by atoms with Crippen molar-refractivity contribution in [1.82, 2.24) is 25.0 Å². The molecule has 2 aromatic heterocycles. The van der Waals surface area contributed by atoms with Crippen molar-refractivity contribution in [1.29, 1.82) is 0 Å². The summed E-state index contributed by atoms with van der Waals surface area (Å²) in [6.45, 7) is 0. The minimum Gasteiger partial charge on any atom is -0.384 e. The average molecular weight is 370 g/mol. The Bertz CT molecular complexity index is 1340. The summed E-state index contributed by atoms with van der Waals surface area (Å²) in [5.41, 5.74) is 16.7. The van der Waals surface area contributed by atoms with Crippen molar-refractivity contribution in [3.8, 4) is 11.3 Å². The van der Waals surface area contributed by atoms with E-state index in [4.69, 9.17) is 10.8 Å². The van der Waals surface area contributed by atoms with E-state index in [0.29, 0.717) is 11.2 Å². The molecule has 0 fully saturated rings. The summed E-state index contributed by atoms with van der Waals surface area (Å²) in [6, 6.07) is 17.6. The molecule has 28 heavy (non-hydrogen) atoms. The van der Waals surface area contributed by atoms with Crippen LogP contribution in [0.5, 0.6) is 0 Å². The van der Waals surface area contributed by atoms with Gasteiger partial charge in [-0.15, -0.1) is 0 Å². The Balaban J connectivity index is 1.78. The zero-order chi connectivity index (χ0) is 19.3. The van der Waals surface area contributed by atoms with Crippen molar-refractivity contribution in [3.05, 3.63) is 88.5 Å². The molecular weight excluding hydrogens is 352 g/mol. The topological polar surface area (TPSA) is 89.4 Å². The third-order valence-electron chi connectivity index (χ3n) is 4.95. The molecule has 0 spiro atoms. The minimum absolute atomic E-state index is 0.0543. The summed E-state index contributed by atoms with van der Waals surface area (Å²) in [5, 5.41) is 5.39. The molecule has 0 saturated carbocycles. The Kier molecular flexibility index (Phi) is 3.48. The zero-order valence-corrected chi connectivity index (χ0v) is 15.2. The standard InChI is InChI=1S/C21H18N6O/c1-26-20-12-17(13-5-3-2-4-6-13)25-27(20)18-11-14(7-8-15(18)21(26)28)16-9-10-19(22)24-23-16/h2-12,23-24H,22H2,1H3. The van der Waals surface area contributed by atoms with Crippen molar-refractivity contribution in [3.63, 3.8) is 0 Å². The second-order valence-electron chi connectivity index (χ2n) is 6.71. The maximum atomic E-state index is 12.9. The number of hydrogen-bond acceptors (Lipinski definition) is 5. The van der Waals surface area contributed by atoms with Crippen LogP contribution in [0.2, 0.25) is 0 Å². The average Bonchev–Trinajstić information content (AvgIpc) is 3.19. The molecular formula is C21H18N6O. The molecule has 0 bridgehead atoms. The van der Waals surface area contributed by atoms with Crippen molar-refractivity contribution in [2.24, 2.45) is 12.8 Å². The fourth-order valence-corrected chi connectivity index (χ4v) is 3.44. The Hall–Kier alpha value is -4.00. The van der Waals surface area contributed by atoms with E-state index in [2.05, 4.69) is 10.9 Å². The molecule has 7 nitrogen and oxygen atoms in total. The van der Waals surface area contributed by atoms with Gasteiger partial charge in [-0.05, 0) is 24.3 Å². The van der Waals surface area contributed by atoms with Gasteiger partial charge in [-0.3, -0.25) is 20.2 Å². The maximum absolute atomic E-state index is 12.9. The molecule has 5 rings (SSSR count). The summed E-state index contributed by atoms with van der Waals surface area (Å²) in [4.78, 5) is 12.9. The van der Waals surface area contributed by atoms with Gasteiger partial charge in [0, 0.05) is 24.2 Å². The largest absolute Gasteiger partial charge is 0.384 e. The van der Waals surface area contributed by atoms with Gasteiger partial charge in [-0.25, -0.2) is 4.52 Å². The SMILES string of the molecule is Cn1c(=O)c2ccc(C3=CC=C(N)NN3)cc2n2nc(-c3ccccc3)cc12. The van der Waals surface area contributed by atoms with Crippen LogP contribution in [0.4, 0.5) is 0 Å². The Morgan fingerprint density at radius 3 is 2.54 bits per heavy atom. The van der Waals surface area contributed by atoms with Gasteiger partial charge in [0.2, 0.25) is 0 Å². The van der Waals surface area contributed by atoms with E-state index >= 15 is 0 Å². The van der Waals surface area contributed by atoms with Gasteiger partial charge in [0.15, 0.2) is 0 Å². The number of rotatable bonds is 2. The fraction of sp³-hybridized carbons (Fsp3) is 0.0476. The van der Waals surface area contributed by atoms with Crippen LogP contribution >= 0.6 is 0 Å². The van der Waals surface area contributed by atoms with Gasteiger partial charge in [0.1, 0.15) is 11.5 Å². The number of hydrogen-bond donors (Lipinski definition) is 3. The first-order chi connectivity index (χ1) is 13.6. The lowest BCUT2D eigenvalue weighted by atomic mass is 10.1. The van der Waals surface area contributed by atoms with Crippen LogP contribution in [0, 0.1) is 0 Å². The highest BCUT2D eigenvalue weighted by molar-refractivity contribution is 5.85. The number of hydrazine groups is 1. The summed E-state index contributed by atoms with van der Waals surface area (Å²) in [5.74, 6) is 0.542. The number of benzene rings is 2. The molecule has 0 unspecified atom stereocenters. The molecule has 4 aromatic rings. The maximum Gasteiger partial charge on any atom is 0.261 e. The van der Waals surface area contributed by atoms with Crippen molar-refractivity contribution < 1.29 is 0 Å². The zero-order valence-electron chi connectivity index (χ0n) is 15.2. The summed E-state index contributed by atoms with van der Waals surface area (Å²) in [6.07, 6.45) is 3.68. The molecule has 0 saturated heterocycles. The lowest BCUT2D eigenvalue weighted by Crippen LogP contribution is -2.35. The quantitative estimate of drug-likeness (QED) is 0.503. The van der Waals surface area contributed by atoms with Gasteiger partial charge in [-0.1, -0.05) is 36.4 Å². The molecule has 138 valence electrons. The second-order valence-corrected chi connectivity index (χ2v) is 6.71. The first kappa shape index (κ1) is 16.2. The second kappa shape index (κ2) is 6.02. The lowest BCUT2D eigenvalue weighted by molar-refractivity contribution is 0.726. The number of nitrogens with one attached hydrogen (secondary N) is 2. The van der Waals surface area contributed by atoms with E-state index in [0.717, 1.165) is 33.7 Å². The van der Waals surface area contributed by atoms with E-state index in [1.54, 1.807) is 17.7 Å². The monoisotopic (exact) mass is 370 g/mol. The van der Waals surface area contributed by atoms with Gasteiger partial charge in [0.05, 0.1) is 22.3 Å². The van der Waals surface area contributed by atoms with E-state index in [9.17, 15) is 4.79 Å². The summed E-state index contributed by atoms with van der Waals surface area (Å²) >= 11 is 0. The van der Waals surface area contributed by atoms with Gasteiger partial charge < -0.3 is 5.73 Å². The Morgan fingerprint density at radius 2 is 1.79 bits per heavy atom. The number of allylic oxidation sites excluding steroid dienone is 2. The number of nitrogens with two attached hydrogens (primary N) is 1. The Morgan fingerprint density at radius 1 is 0.964 bits per heavy atom. The van der Waals surface area contributed by atoms with E-state index in [-0.39, 0.29) is 5.56 Å². The smallest absolute Gasteiger partial charge is 0.261 e. The Labute approximate surface area is 160 Å². The molecule has 0 radical (unpaired) electrons. The van der Waals surface area contributed by atoms with Crippen LogP contribution in [0.3, 0.4) is 0 Å². The molecule has 0 aliphatic carbocycles. The summed E-state index contributed by atoms with van der Waals surface area (Å²) in [7, 11) is 1.77. The van der Waals surface area contributed by atoms with Crippen LogP contribution in [0.25, 0.3) is 33.5 Å². The third kappa shape index (κ3) is 2.44. The van der Waals surface area contributed by atoms with Crippen LogP contribution in [-0.4, -0.2) is 14.2 Å². The molecule has 1 aliphatic heterocycles. The third-order valence-corrected chi connectivity index (χ3v) is 4.95. The molecule has 1 aliphatic rings. The normalized spacial score (nSPS) is 13.8. The van der Waals surface area contributed by atoms with Crippen molar-refractivity contribution in [2.75, 3.05) is 0 Å². The van der Waals surface area contributed by atoms with Crippen LogP contribution in [0.1, 0.15) is 5.56 Å². The predicted octanol–water partition coefficient (Wildman–Crippen LogP) is 2.10. The number of fused-ring (bicyclic) bond motifs is 3. The molecule has 3 heterocycles. The molecule has 4 N–H and O–H groups in total. The van der Waals surface area contributed by atoms with Crippen LogP contribution < -0.4 is 22.1 Å². The molecule has 0 amide bonds. The minimum atomic E-state index is -0.0543. The summed E-state index contributed by atoms with van der Waals surface area (Å²) < 4.78 is 3.45. The number of aromatic nitrogens is 3. The highest BCUT2D eigenvalue weighted by Crippen LogP contribution is 2.24. The number of nitrogens with zero attached hydrogens (tertiary/aromatic N) is 3. The van der Waals surface area contributed by atoms with Crippen molar-refractivity contribution >= 4 is 22.2 Å². The van der Waals surface area contributed by atoms with Gasteiger partial charge in [0.25, 0.3) is 5.56 Å². The highest BCUT2D eigenvalue weighted by atomic mass is 16.1. The van der Waals surface area contributed by atoms with Crippen molar-refractivity contribution in [2.45, 2.75) is 0 Å². The molecule has 0 atom stereocenters. The predicted molar refractivity (Wildman–Crippen MR) is 110 cm³/mol. The van der Waals surface area contributed by atoms with E-state index in [1.165, 1.54) is 0 Å². The van der Waals surface area contributed by atoms with Crippen LogP contribution in [0.15, 0.2) is 77.4 Å². The fourth-order valence-electron chi connectivity index (χ4n) is 3.44. The van der Waals surface area contributed by atoms with E-state index in [1.807, 2.05) is 65.2 Å². The first-order valence-corrected chi connectivity index (χ1v) is 8.89. The van der Waals surface area contributed by atoms with Gasteiger partial charge in [-0.2, -0.15) is 5.10 Å². The molecule has 2 aromatic carbocycles. The molecule has 7 heteroatoms. The van der Waals surface area contributed by atoms with E-state index < -0.39 is 0 Å². The first-order valence-electron chi connectivity index (χ1n) is 8.89. The number of aryl methyl sites for hydroxylation is 1. The highest BCUT2D eigenvalue weighted by Gasteiger charge is 2.14.